The topological polar surface area (TPSA) is 63.2 Å². The first-order valence-electron chi connectivity index (χ1n) is 13.8. The Morgan fingerprint density at radius 1 is 0.850 bits per heavy atom. The molecule has 0 spiro atoms. The van der Waals surface area contributed by atoms with Gasteiger partial charge >= 0.3 is 5.97 Å². The van der Waals surface area contributed by atoms with Crippen LogP contribution in [0, 0.1) is 0 Å². The molecule has 212 valence electrons. The largest absolute Gasteiger partial charge is 0.452 e. The smallest absolute Gasteiger partial charge is 0.338 e. The number of esters is 1. The lowest BCUT2D eigenvalue weighted by atomic mass is 9.98. The van der Waals surface area contributed by atoms with Crippen LogP contribution in [0.4, 0.5) is 0 Å². The zero-order chi connectivity index (χ0) is 28.3. The molecule has 0 amide bonds. The van der Waals surface area contributed by atoms with Crippen LogP contribution in [0.1, 0.15) is 43.0 Å². The van der Waals surface area contributed by atoms with Crippen molar-refractivity contribution in [3.05, 3.63) is 102 Å². The fraction of sp³-hybridized carbons (Fsp3) is 0.406. The summed E-state index contributed by atoms with van der Waals surface area (Å²) in [5.74, 6) is -0.415. The van der Waals surface area contributed by atoms with E-state index in [-0.39, 0.29) is 11.1 Å². The van der Waals surface area contributed by atoms with Gasteiger partial charge in [0.15, 0.2) is 20.7 Å². The van der Waals surface area contributed by atoms with Crippen molar-refractivity contribution in [2.75, 3.05) is 6.61 Å². The van der Waals surface area contributed by atoms with Gasteiger partial charge in [-0.2, -0.15) is 0 Å². The van der Waals surface area contributed by atoms with E-state index in [0.29, 0.717) is 12.2 Å². The Hall–Kier alpha value is -2.46. The van der Waals surface area contributed by atoms with Crippen LogP contribution in [-0.4, -0.2) is 50.7 Å². The number of ether oxygens (including phenoxy) is 4. The minimum Gasteiger partial charge on any atom is -0.452 e. The predicted molar refractivity (Wildman–Crippen MR) is 159 cm³/mol. The molecule has 2 heterocycles. The predicted octanol–water partition coefficient (Wildman–Crippen LogP) is 7.23. The lowest BCUT2D eigenvalue weighted by molar-refractivity contribution is -0.315. The van der Waals surface area contributed by atoms with Crippen molar-refractivity contribution in [1.29, 1.82) is 0 Å². The van der Waals surface area contributed by atoms with Crippen molar-refractivity contribution < 1.29 is 28.2 Å². The lowest BCUT2D eigenvalue weighted by Crippen LogP contribution is -2.65. The first kappa shape index (κ1) is 29.0. The first-order valence-corrected chi connectivity index (χ1v) is 17.5. The molecule has 2 aliphatic rings. The Morgan fingerprint density at radius 3 is 2.08 bits per heavy atom. The first-order chi connectivity index (χ1) is 19.1. The molecule has 6 atom stereocenters. The van der Waals surface area contributed by atoms with E-state index in [9.17, 15) is 4.79 Å². The quantitative estimate of drug-likeness (QED) is 0.216. The molecule has 8 heteroatoms. The van der Waals surface area contributed by atoms with E-state index in [1.807, 2.05) is 78.9 Å². The lowest BCUT2D eigenvalue weighted by Gasteiger charge is -2.51. The zero-order valence-corrected chi connectivity index (χ0v) is 25.5. The van der Waals surface area contributed by atoms with Crippen molar-refractivity contribution in [2.24, 2.45) is 0 Å². The number of rotatable bonds is 7. The van der Waals surface area contributed by atoms with Gasteiger partial charge in [0, 0.05) is 10.5 Å². The second kappa shape index (κ2) is 12.2. The molecule has 0 unspecified atom stereocenters. The maximum absolute atomic E-state index is 13.5. The van der Waals surface area contributed by atoms with Gasteiger partial charge in [0.2, 0.25) is 0 Å². The van der Waals surface area contributed by atoms with Crippen LogP contribution in [0.2, 0.25) is 18.1 Å². The van der Waals surface area contributed by atoms with Crippen molar-refractivity contribution in [2.45, 2.75) is 79.9 Å². The Morgan fingerprint density at radius 2 is 1.45 bits per heavy atom. The average molecular weight is 579 g/mol. The van der Waals surface area contributed by atoms with Crippen molar-refractivity contribution in [1.82, 2.24) is 0 Å². The summed E-state index contributed by atoms with van der Waals surface area (Å²) >= 11 is 1.52. The number of hydrogen-bond donors (Lipinski definition) is 0. The molecule has 40 heavy (non-hydrogen) atoms. The summed E-state index contributed by atoms with van der Waals surface area (Å²) in [6.07, 6.45) is -2.72. The maximum Gasteiger partial charge on any atom is 0.338 e. The molecule has 3 aromatic carbocycles. The van der Waals surface area contributed by atoms with E-state index < -0.39 is 44.3 Å². The summed E-state index contributed by atoms with van der Waals surface area (Å²) in [5.41, 5.74) is 0.881. The van der Waals surface area contributed by atoms with E-state index in [4.69, 9.17) is 23.4 Å². The molecule has 0 radical (unpaired) electrons. The third-order valence-corrected chi connectivity index (χ3v) is 13.5. The van der Waals surface area contributed by atoms with Crippen LogP contribution >= 0.6 is 11.8 Å². The standard InChI is InChI=1S/C32H38O6SSi/c1-32(2,3)40(4,5)38-27-26-25(21-34-30(37-26)23-17-11-7-12-18-23)35-31(39-24-19-13-8-14-20-24)28(27)36-29(33)22-15-9-6-10-16-22/h6-20,25-28,30-31H,21H2,1-5H3/t25-,26-,27+,28-,30-,31+/m1/s1. The van der Waals surface area contributed by atoms with E-state index >= 15 is 0 Å². The molecule has 3 aromatic rings. The van der Waals surface area contributed by atoms with Gasteiger partial charge in [0.25, 0.3) is 0 Å². The summed E-state index contributed by atoms with van der Waals surface area (Å²) in [7, 11) is -2.34. The third kappa shape index (κ3) is 6.54. The summed E-state index contributed by atoms with van der Waals surface area (Å²) in [6, 6.07) is 28.9. The molecule has 6 nitrogen and oxygen atoms in total. The van der Waals surface area contributed by atoms with E-state index in [0.717, 1.165) is 10.5 Å². The Balaban J connectivity index is 1.52. The normalized spacial score (nSPS) is 27.0. The molecule has 0 aliphatic carbocycles. The van der Waals surface area contributed by atoms with Gasteiger partial charge in [0.05, 0.1) is 12.2 Å². The highest BCUT2D eigenvalue weighted by molar-refractivity contribution is 7.99. The van der Waals surface area contributed by atoms with Crippen LogP contribution in [0.25, 0.3) is 0 Å². The highest BCUT2D eigenvalue weighted by Gasteiger charge is 2.55. The minimum atomic E-state index is -2.34. The summed E-state index contributed by atoms with van der Waals surface area (Å²) in [4.78, 5) is 14.5. The molecule has 0 N–H and O–H groups in total. The molecule has 0 aromatic heterocycles. The second-order valence-electron chi connectivity index (χ2n) is 11.7. The SMILES string of the molecule is CC(C)(C)[Si](C)(C)O[C@@H]1[C@@H](OC(=O)c2ccccc2)[C@H](Sc2ccccc2)O[C@@H]2CO[C@@H](c3ccccc3)O[C@@H]12. The molecule has 2 fully saturated rings. The molecule has 0 bridgehead atoms. The van der Waals surface area contributed by atoms with Crippen LogP contribution in [-0.2, 0) is 23.4 Å². The van der Waals surface area contributed by atoms with E-state index in [2.05, 4.69) is 33.9 Å². The number of fused-ring (bicyclic) bond motifs is 1. The van der Waals surface area contributed by atoms with Crippen molar-refractivity contribution in [3.63, 3.8) is 0 Å². The summed E-state index contributed by atoms with van der Waals surface area (Å²) in [6.45, 7) is 11.4. The van der Waals surface area contributed by atoms with Crippen molar-refractivity contribution >= 4 is 26.0 Å². The second-order valence-corrected chi connectivity index (χ2v) is 17.7. The summed E-state index contributed by atoms with van der Waals surface area (Å²) < 4.78 is 32.8. The van der Waals surface area contributed by atoms with E-state index in [1.165, 1.54) is 11.8 Å². The average Bonchev–Trinajstić information content (AvgIpc) is 2.95. The van der Waals surface area contributed by atoms with Gasteiger partial charge in [-0.05, 0) is 42.4 Å². The fourth-order valence-electron chi connectivity index (χ4n) is 4.60. The Kier molecular flexibility index (Phi) is 8.85. The number of hydrogen-bond acceptors (Lipinski definition) is 7. The minimum absolute atomic E-state index is 0.0686. The fourth-order valence-corrected chi connectivity index (χ4v) is 7.02. The number of thioether (sulfide) groups is 1. The number of carbonyl (C=O) groups excluding carboxylic acids is 1. The molecular formula is C32H38O6SSi. The van der Waals surface area contributed by atoms with Crippen molar-refractivity contribution in [3.8, 4) is 0 Å². The number of benzene rings is 3. The molecule has 2 saturated heterocycles. The Bertz CT molecular complexity index is 1250. The number of carbonyl (C=O) groups is 1. The monoisotopic (exact) mass is 578 g/mol. The van der Waals surface area contributed by atoms with Gasteiger partial charge in [0.1, 0.15) is 23.7 Å². The molecule has 0 saturated carbocycles. The molecule has 2 aliphatic heterocycles. The van der Waals surface area contributed by atoms with Crippen LogP contribution in [0.3, 0.4) is 0 Å². The molecule has 5 rings (SSSR count). The third-order valence-electron chi connectivity index (χ3n) is 7.84. The maximum atomic E-state index is 13.5. The summed E-state index contributed by atoms with van der Waals surface area (Å²) in [5, 5.41) is -0.0686. The van der Waals surface area contributed by atoms with Crippen LogP contribution < -0.4 is 0 Å². The van der Waals surface area contributed by atoms with Gasteiger partial charge in [-0.1, -0.05) is 99.3 Å². The highest BCUT2D eigenvalue weighted by atomic mass is 32.2. The van der Waals surface area contributed by atoms with Crippen LogP contribution in [0.5, 0.6) is 0 Å². The van der Waals surface area contributed by atoms with E-state index in [1.54, 1.807) is 12.1 Å². The van der Waals surface area contributed by atoms with Gasteiger partial charge in [-0.3, -0.25) is 0 Å². The molecular weight excluding hydrogens is 540 g/mol. The van der Waals surface area contributed by atoms with Crippen LogP contribution in [0.15, 0.2) is 95.9 Å². The zero-order valence-electron chi connectivity index (χ0n) is 23.7. The van der Waals surface area contributed by atoms with Gasteiger partial charge in [-0.15, -0.1) is 0 Å². The van der Waals surface area contributed by atoms with Gasteiger partial charge < -0.3 is 23.4 Å². The highest BCUT2D eigenvalue weighted by Crippen LogP contribution is 2.45. The van der Waals surface area contributed by atoms with Gasteiger partial charge in [-0.25, -0.2) is 4.79 Å². The Labute approximate surface area is 242 Å².